The molecule has 82 valence electrons. The monoisotopic (exact) mass is 208 g/mol. The Hall–Kier alpha value is -1.72. The third kappa shape index (κ3) is 8.61. The molecular formula is C10H16N4O. The van der Waals surface area contributed by atoms with Crippen LogP contribution in [-0.4, -0.2) is 30.8 Å². The smallest absolute Gasteiger partial charge is 0.263 e. The quantitative estimate of drug-likeness (QED) is 0.201. The van der Waals surface area contributed by atoms with Gasteiger partial charge in [-0.05, 0) is 0 Å². The number of nitrogens with zero attached hydrogens (tertiary/aromatic N) is 2. The summed E-state index contributed by atoms with van der Waals surface area (Å²) in [5.41, 5.74) is 2.36. The fraction of sp³-hybridized carbons (Fsp3) is 0.600. The first-order valence-electron chi connectivity index (χ1n) is 4.70. The summed E-state index contributed by atoms with van der Waals surface area (Å²) in [6.45, 7) is 11.3. The van der Waals surface area contributed by atoms with Gasteiger partial charge in [0.05, 0.1) is 19.7 Å². The first-order valence-corrected chi connectivity index (χ1v) is 4.70. The standard InChI is InChI=1S/C10H16N4O/c1-9(2)5-4-6-12-10(14-11-3)13-7-8-15/h9,15H,6-8H2,1-2H3,(H2,12,13,14). The van der Waals surface area contributed by atoms with Gasteiger partial charge in [0, 0.05) is 5.92 Å². The number of aliphatic imine (C=N–C) groups is 1. The second kappa shape index (κ2) is 8.86. The van der Waals surface area contributed by atoms with Crippen molar-refractivity contribution in [3.05, 3.63) is 11.5 Å². The minimum absolute atomic E-state index is 0.0392. The molecule has 15 heavy (non-hydrogen) atoms. The molecule has 0 aliphatic heterocycles. The van der Waals surface area contributed by atoms with E-state index in [1.165, 1.54) is 0 Å². The van der Waals surface area contributed by atoms with Crippen molar-refractivity contribution in [2.24, 2.45) is 10.9 Å². The molecule has 0 aliphatic carbocycles. The van der Waals surface area contributed by atoms with Crippen molar-refractivity contribution in [3.63, 3.8) is 0 Å². The largest absolute Gasteiger partial charge is 0.394 e. The highest BCUT2D eigenvalue weighted by molar-refractivity contribution is 5.80. The predicted molar refractivity (Wildman–Crippen MR) is 59.7 cm³/mol. The molecule has 0 fully saturated rings. The normalized spacial score (nSPS) is 10.2. The molecule has 0 aromatic rings. The highest BCUT2D eigenvalue weighted by Gasteiger charge is 1.96. The van der Waals surface area contributed by atoms with Gasteiger partial charge in [-0.2, -0.15) is 11.5 Å². The molecule has 0 saturated heterocycles. The van der Waals surface area contributed by atoms with Crippen molar-refractivity contribution in [3.8, 4) is 11.8 Å². The molecule has 0 unspecified atom stereocenters. The fourth-order valence-electron chi connectivity index (χ4n) is 0.729. The highest BCUT2D eigenvalue weighted by atomic mass is 16.3. The Balaban J connectivity index is 3.99. The average Bonchev–Trinajstić information content (AvgIpc) is 2.20. The molecule has 5 heteroatoms. The van der Waals surface area contributed by atoms with Crippen LogP contribution in [0.15, 0.2) is 4.99 Å². The number of nitrogens with one attached hydrogen (secondary N) is 2. The summed E-state index contributed by atoms with van der Waals surface area (Å²) in [6.07, 6.45) is 0. The zero-order chi connectivity index (χ0) is 11.5. The third-order valence-electron chi connectivity index (χ3n) is 1.27. The fourth-order valence-corrected chi connectivity index (χ4v) is 0.729. The number of aliphatic hydroxyl groups is 1. The molecule has 0 rings (SSSR count). The molecule has 0 atom stereocenters. The van der Waals surface area contributed by atoms with Crippen LogP contribution in [0.2, 0.25) is 0 Å². The van der Waals surface area contributed by atoms with Crippen LogP contribution >= 0.6 is 0 Å². The molecule has 0 amide bonds. The molecular weight excluding hydrogens is 192 g/mol. The van der Waals surface area contributed by atoms with Crippen molar-refractivity contribution in [2.75, 3.05) is 19.7 Å². The minimum Gasteiger partial charge on any atom is -0.394 e. The van der Waals surface area contributed by atoms with Gasteiger partial charge >= 0.3 is 0 Å². The summed E-state index contributed by atoms with van der Waals surface area (Å²) in [6, 6.07) is 0. The molecule has 0 aliphatic rings. The lowest BCUT2D eigenvalue weighted by molar-refractivity contribution is 0.306. The van der Waals surface area contributed by atoms with E-state index in [4.69, 9.17) is 11.7 Å². The van der Waals surface area contributed by atoms with Crippen LogP contribution in [0.5, 0.6) is 0 Å². The van der Waals surface area contributed by atoms with E-state index >= 15 is 0 Å². The SMILES string of the molecule is [C-]#[N+]NC(=NCCO)NCC#CC(C)C. The number of guanidine groups is 1. The number of aliphatic hydroxyl groups excluding tert-OH is 1. The Morgan fingerprint density at radius 1 is 1.60 bits per heavy atom. The van der Waals surface area contributed by atoms with Crippen molar-refractivity contribution < 1.29 is 5.11 Å². The van der Waals surface area contributed by atoms with Crippen LogP contribution in [-0.2, 0) is 0 Å². The van der Waals surface area contributed by atoms with Crippen LogP contribution in [0.4, 0.5) is 0 Å². The lowest BCUT2D eigenvalue weighted by Gasteiger charge is -2.00. The summed E-state index contributed by atoms with van der Waals surface area (Å²) >= 11 is 0. The Morgan fingerprint density at radius 2 is 2.33 bits per heavy atom. The van der Waals surface area contributed by atoms with Crippen LogP contribution in [0, 0.1) is 24.3 Å². The van der Waals surface area contributed by atoms with E-state index in [2.05, 4.69) is 32.5 Å². The molecule has 3 N–H and O–H groups in total. The van der Waals surface area contributed by atoms with Crippen LogP contribution in [0.1, 0.15) is 13.8 Å². The molecule has 0 aromatic carbocycles. The van der Waals surface area contributed by atoms with E-state index < -0.39 is 0 Å². The van der Waals surface area contributed by atoms with Gasteiger partial charge in [-0.25, -0.2) is 4.99 Å². The van der Waals surface area contributed by atoms with Gasteiger partial charge in [-0.1, -0.05) is 31.1 Å². The van der Waals surface area contributed by atoms with E-state index in [-0.39, 0.29) is 13.2 Å². The van der Waals surface area contributed by atoms with Crippen LogP contribution in [0.3, 0.4) is 0 Å². The lowest BCUT2D eigenvalue weighted by Crippen LogP contribution is -2.34. The number of hydrogen-bond acceptors (Lipinski definition) is 2. The van der Waals surface area contributed by atoms with Gasteiger partial charge in [-0.3, -0.25) is 0 Å². The maximum absolute atomic E-state index is 8.56. The van der Waals surface area contributed by atoms with Gasteiger partial charge in [0.25, 0.3) is 5.96 Å². The predicted octanol–water partition coefficient (Wildman–Crippen LogP) is 0.00759. The van der Waals surface area contributed by atoms with Crippen LogP contribution in [0.25, 0.3) is 4.95 Å². The van der Waals surface area contributed by atoms with Gasteiger partial charge in [0.15, 0.2) is 0 Å². The van der Waals surface area contributed by atoms with Crippen molar-refractivity contribution in [2.45, 2.75) is 13.8 Å². The van der Waals surface area contributed by atoms with E-state index in [1.54, 1.807) is 0 Å². The maximum Gasteiger partial charge on any atom is 0.263 e. The molecule has 0 radical (unpaired) electrons. The van der Waals surface area contributed by atoms with Crippen LogP contribution < -0.4 is 10.7 Å². The summed E-state index contributed by atoms with van der Waals surface area (Å²) < 4.78 is 0. The Morgan fingerprint density at radius 3 is 2.87 bits per heavy atom. The second-order valence-corrected chi connectivity index (χ2v) is 3.01. The molecule has 0 spiro atoms. The zero-order valence-corrected chi connectivity index (χ0v) is 9.04. The molecule has 0 heterocycles. The molecule has 5 nitrogen and oxygen atoms in total. The summed E-state index contributed by atoms with van der Waals surface area (Å²) in [5, 5.41) is 11.4. The van der Waals surface area contributed by atoms with Crippen molar-refractivity contribution in [1.29, 1.82) is 0 Å². The third-order valence-corrected chi connectivity index (χ3v) is 1.27. The topological polar surface area (TPSA) is 61.0 Å². The van der Waals surface area contributed by atoms with Gasteiger partial charge in [-0.15, -0.1) is 0 Å². The van der Waals surface area contributed by atoms with E-state index in [0.717, 1.165) is 0 Å². The van der Waals surface area contributed by atoms with Crippen molar-refractivity contribution in [1.82, 2.24) is 10.7 Å². The molecule has 0 aromatic heterocycles. The summed E-state index contributed by atoms with van der Waals surface area (Å²) in [5.74, 6) is 6.56. The van der Waals surface area contributed by atoms with E-state index in [0.29, 0.717) is 18.4 Å². The second-order valence-electron chi connectivity index (χ2n) is 3.01. The Kier molecular flexibility index (Phi) is 7.84. The zero-order valence-electron chi connectivity index (χ0n) is 9.04. The Labute approximate surface area is 90.4 Å². The minimum atomic E-state index is -0.0392. The first-order chi connectivity index (χ1) is 7.20. The Bertz CT molecular complexity index is 293. The van der Waals surface area contributed by atoms with Gasteiger partial charge in [0.1, 0.15) is 0 Å². The number of rotatable bonds is 3. The molecule has 0 bridgehead atoms. The van der Waals surface area contributed by atoms with Gasteiger partial charge < -0.3 is 10.4 Å². The summed E-state index contributed by atoms with van der Waals surface area (Å²) in [7, 11) is 0. The maximum atomic E-state index is 8.56. The number of hydrogen-bond donors (Lipinski definition) is 3. The van der Waals surface area contributed by atoms with Crippen molar-refractivity contribution >= 4 is 5.96 Å². The lowest BCUT2D eigenvalue weighted by atomic mass is 10.2. The molecule has 0 saturated carbocycles. The highest BCUT2D eigenvalue weighted by Crippen LogP contribution is 1.84. The summed E-state index contributed by atoms with van der Waals surface area (Å²) in [4.78, 5) is 6.89. The van der Waals surface area contributed by atoms with E-state index in [9.17, 15) is 0 Å². The van der Waals surface area contributed by atoms with Gasteiger partial charge in [0.2, 0.25) is 0 Å². The average molecular weight is 208 g/mol. The van der Waals surface area contributed by atoms with E-state index in [1.807, 2.05) is 13.8 Å². The first kappa shape index (κ1) is 13.3.